The predicted molar refractivity (Wildman–Crippen MR) is 44.7 cm³/mol. The fourth-order valence-electron chi connectivity index (χ4n) is 1.50. The normalized spacial score (nSPS) is 19.7. The van der Waals surface area contributed by atoms with Crippen LogP contribution in [-0.4, -0.2) is 12.7 Å². The topological polar surface area (TPSA) is 44.5 Å². The number of nitrogens with two attached hydrogens (primary N) is 1. The van der Waals surface area contributed by atoms with Gasteiger partial charge >= 0.3 is 0 Å². The highest BCUT2D eigenvalue weighted by molar-refractivity contribution is 5.38. The van der Waals surface area contributed by atoms with Crippen molar-refractivity contribution in [2.24, 2.45) is 5.90 Å². The van der Waals surface area contributed by atoms with Gasteiger partial charge in [0.15, 0.2) is 0 Å². The Morgan fingerprint density at radius 3 is 3.15 bits per heavy atom. The number of hydrogen-bond acceptors (Lipinski definition) is 3. The Labute approximate surface area is 75.2 Å². The van der Waals surface area contributed by atoms with E-state index in [2.05, 4.69) is 4.84 Å². The zero-order chi connectivity index (χ0) is 9.26. The van der Waals surface area contributed by atoms with Crippen molar-refractivity contribution in [1.29, 1.82) is 0 Å². The first-order valence-corrected chi connectivity index (χ1v) is 4.07. The molecule has 0 fully saturated rings. The van der Waals surface area contributed by atoms with Gasteiger partial charge in [-0.15, -0.1) is 0 Å². The smallest absolute Gasteiger partial charge is 0.130 e. The van der Waals surface area contributed by atoms with Crippen LogP contribution in [0.4, 0.5) is 4.39 Å². The highest BCUT2D eigenvalue weighted by Gasteiger charge is 2.25. The van der Waals surface area contributed by atoms with E-state index < -0.39 is 0 Å². The third-order valence-electron chi connectivity index (χ3n) is 2.08. The minimum atomic E-state index is -0.225. The second-order valence-corrected chi connectivity index (χ2v) is 2.99. The monoisotopic (exact) mass is 183 g/mol. The first-order chi connectivity index (χ1) is 6.31. The van der Waals surface area contributed by atoms with Gasteiger partial charge in [-0.25, -0.2) is 10.3 Å². The lowest BCUT2D eigenvalue weighted by Gasteiger charge is -2.07. The summed E-state index contributed by atoms with van der Waals surface area (Å²) in [7, 11) is 0. The Balaban J connectivity index is 2.20. The molecule has 0 aromatic heterocycles. The van der Waals surface area contributed by atoms with Crippen LogP contribution in [0.1, 0.15) is 5.56 Å². The molecule has 0 saturated carbocycles. The van der Waals surface area contributed by atoms with Crippen LogP contribution in [0.15, 0.2) is 18.2 Å². The standard InChI is InChI=1S/C9H10FNO2/c10-8-2-1-3-9-7(8)4-6(13-9)5-12-11/h1-3,6H,4-5,11H2. The van der Waals surface area contributed by atoms with Crippen molar-refractivity contribution < 1.29 is 14.0 Å². The maximum atomic E-state index is 13.2. The highest BCUT2D eigenvalue weighted by atomic mass is 19.1. The van der Waals surface area contributed by atoms with E-state index in [1.54, 1.807) is 12.1 Å². The van der Waals surface area contributed by atoms with Crippen LogP contribution in [0.3, 0.4) is 0 Å². The molecule has 1 aromatic carbocycles. The Morgan fingerprint density at radius 2 is 2.46 bits per heavy atom. The van der Waals surface area contributed by atoms with E-state index in [0.717, 1.165) is 0 Å². The van der Waals surface area contributed by atoms with E-state index in [9.17, 15) is 4.39 Å². The van der Waals surface area contributed by atoms with Crippen LogP contribution in [-0.2, 0) is 11.3 Å². The summed E-state index contributed by atoms with van der Waals surface area (Å²) in [6, 6.07) is 4.79. The zero-order valence-electron chi connectivity index (χ0n) is 7.00. The van der Waals surface area contributed by atoms with E-state index in [-0.39, 0.29) is 18.5 Å². The van der Waals surface area contributed by atoms with Crippen molar-refractivity contribution in [3.05, 3.63) is 29.6 Å². The summed E-state index contributed by atoms with van der Waals surface area (Å²) < 4.78 is 18.5. The van der Waals surface area contributed by atoms with E-state index in [4.69, 9.17) is 10.6 Å². The van der Waals surface area contributed by atoms with Crippen LogP contribution in [0.2, 0.25) is 0 Å². The number of rotatable bonds is 2. The summed E-state index contributed by atoms with van der Waals surface area (Å²) in [6.45, 7) is 0.286. The first kappa shape index (κ1) is 8.47. The maximum Gasteiger partial charge on any atom is 0.130 e. The van der Waals surface area contributed by atoms with Gasteiger partial charge in [-0.05, 0) is 12.1 Å². The zero-order valence-corrected chi connectivity index (χ0v) is 7.00. The first-order valence-electron chi connectivity index (χ1n) is 4.07. The van der Waals surface area contributed by atoms with Crippen molar-refractivity contribution in [1.82, 2.24) is 0 Å². The molecule has 0 bridgehead atoms. The molecule has 0 spiro atoms. The van der Waals surface area contributed by atoms with Crippen molar-refractivity contribution >= 4 is 0 Å². The Hall–Kier alpha value is -1.13. The van der Waals surface area contributed by atoms with Crippen LogP contribution in [0.25, 0.3) is 0 Å². The van der Waals surface area contributed by atoms with Gasteiger partial charge in [0.05, 0.1) is 0 Å². The largest absolute Gasteiger partial charge is 0.487 e. The molecule has 13 heavy (non-hydrogen) atoms. The van der Waals surface area contributed by atoms with Crippen LogP contribution >= 0.6 is 0 Å². The number of hydrogen-bond donors (Lipinski definition) is 1. The molecule has 1 aliphatic heterocycles. The number of benzene rings is 1. The fourth-order valence-corrected chi connectivity index (χ4v) is 1.50. The van der Waals surface area contributed by atoms with Gasteiger partial charge in [0.2, 0.25) is 0 Å². The third kappa shape index (κ3) is 1.50. The Morgan fingerprint density at radius 1 is 1.62 bits per heavy atom. The highest BCUT2D eigenvalue weighted by Crippen LogP contribution is 2.30. The molecule has 0 saturated heterocycles. The lowest BCUT2D eigenvalue weighted by Crippen LogP contribution is -2.22. The Bertz CT molecular complexity index is 316. The summed E-state index contributed by atoms with van der Waals surface area (Å²) in [5.41, 5.74) is 0.615. The molecule has 2 N–H and O–H groups in total. The van der Waals surface area contributed by atoms with Gasteiger partial charge in [0.25, 0.3) is 0 Å². The van der Waals surface area contributed by atoms with Gasteiger partial charge in [-0.2, -0.15) is 0 Å². The molecule has 2 rings (SSSR count). The summed E-state index contributed by atoms with van der Waals surface area (Å²) in [5, 5.41) is 0. The molecule has 0 aliphatic carbocycles. The molecule has 0 radical (unpaired) electrons. The molecule has 1 heterocycles. The van der Waals surface area contributed by atoms with Gasteiger partial charge in [0.1, 0.15) is 24.3 Å². The molecule has 1 unspecified atom stereocenters. The van der Waals surface area contributed by atoms with E-state index >= 15 is 0 Å². The molecule has 3 nitrogen and oxygen atoms in total. The molecule has 0 amide bonds. The van der Waals surface area contributed by atoms with E-state index in [1.165, 1.54) is 6.07 Å². The molecule has 1 aromatic rings. The Kier molecular flexibility index (Phi) is 2.16. The quantitative estimate of drug-likeness (QED) is 0.696. The summed E-state index contributed by atoms with van der Waals surface area (Å²) in [4.78, 5) is 4.45. The van der Waals surface area contributed by atoms with Crippen molar-refractivity contribution in [2.75, 3.05) is 6.61 Å². The van der Waals surface area contributed by atoms with Crippen LogP contribution in [0, 0.1) is 5.82 Å². The second-order valence-electron chi connectivity index (χ2n) is 2.99. The maximum absolute atomic E-state index is 13.2. The third-order valence-corrected chi connectivity index (χ3v) is 2.08. The second kappa shape index (κ2) is 3.32. The van der Waals surface area contributed by atoms with Gasteiger partial charge in [-0.3, -0.25) is 0 Å². The van der Waals surface area contributed by atoms with Gasteiger partial charge in [-0.1, -0.05) is 6.07 Å². The average Bonchev–Trinajstić information content (AvgIpc) is 2.49. The van der Waals surface area contributed by atoms with Gasteiger partial charge < -0.3 is 9.57 Å². The molecular weight excluding hydrogens is 173 g/mol. The van der Waals surface area contributed by atoms with E-state index in [0.29, 0.717) is 17.7 Å². The lowest BCUT2D eigenvalue weighted by atomic mass is 10.1. The van der Waals surface area contributed by atoms with Crippen molar-refractivity contribution in [3.63, 3.8) is 0 Å². The summed E-state index contributed by atoms with van der Waals surface area (Å²) >= 11 is 0. The van der Waals surface area contributed by atoms with Crippen molar-refractivity contribution in [3.8, 4) is 5.75 Å². The molecule has 70 valence electrons. The molecular formula is C9H10FNO2. The van der Waals surface area contributed by atoms with Crippen molar-refractivity contribution in [2.45, 2.75) is 12.5 Å². The fraction of sp³-hybridized carbons (Fsp3) is 0.333. The molecule has 1 aliphatic rings. The molecule has 1 atom stereocenters. The van der Waals surface area contributed by atoms with E-state index in [1.807, 2.05) is 0 Å². The average molecular weight is 183 g/mol. The van der Waals surface area contributed by atoms with Crippen LogP contribution < -0.4 is 10.6 Å². The lowest BCUT2D eigenvalue weighted by molar-refractivity contribution is 0.0609. The summed E-state index contributed by atoms with van der Waals surface area (Å²) in [5.74, 6) is 5.28. The van der Waals surface area contributed by atoms with Gasteiger partial charge in [0, 0.05) is 12.0 Å². The SMILES string of the molecule is NOCC1Cc2c(F)cccc2O1. The minimum absolute atomic E-state index is 0.156. The number of ether oxygens (including phenoxy) is 1. The summed E-state index contributed by atoms with van der Waals surface area (Å²) in [6.07, 6.45) is 0.371. The predicted octanol–water partition coefficient (Wildman–Crippen LogP) is 1.02. The number of fused-ring (bicyclic) bond motifs is 1. The number of halogens is 1. The van der Waals surface area contributed by atoms with Crippen LogP contribution in [0.5, 0.6) is 5.75 Å². The molecule has 4 heteroatoms. The minimum Gasteiger partial charge on any atom is -0.487 e.